The molecule has 0 amide bonds. The van der Waals surface area contributed by atoms with Crippen molar-refractivity contribution < 1.29 is 18.0 Å². The van der Waals surface area contributed by atoms with Gasteiger partial charge in [0.05, 0.1) is 28.5 Å². The standard InChI is InChI=1S/C21H26F3N5O/c1-2-29-19-14(12-25-29)17(26-13-7-4-3-5-8-13)16(18(27-19)21(22,23)24)15-11-20(30-28-15)9-6-10-20/h12-13H,2-11H2,1H3,(H,26,27). The van der Waals surface area contributed by atoms with Gasteiger partial charge in [-0.05, 0) is 39.0 Å². The molecule has 2 fully saturated rings. The molecule has 2 aliphatic carbocycles. The van der Waals surface area contributed by atoms with Crippen molar-refractivity contribution in [2.45, 2.75) is 89.1 Å². The second-order valence-corrected chi connectivity index (χ2v) is 8.73. The summed E-state index contributed by atoms with van der Waals surface area (Å²) in [6.45, 7) is 2.29. The molecule has 1 N–H and O–H groups in total. The molecule has 30 heavy (non-hydrogen) atoms. The topological polar surface area (TPSA) is 64.3 Å². The first-order valence-corrected chi connectivity index (χ1v) is 10.9. The maximum atomic E-state index is 14.2. The van der Waals surface area contributed by atoms with Crippen molar-refractivity contribution >= 4 is 22.4 Å². The van der Waals surface area contributed by atoms with E-state index in [9.17, 15) is 13.2 Å². The van der Waals surface area contributed by atoms with E-state index in [-0.39, 0.29) is 17.3 Å². The van der Waals surface area contributed by atoms with Crippen LogP contribution < -0.4 is 5.32 Å². The van der Waals surface area contributed by atoms with Gasteiger partial charge in [-0.25, -0.2) is 9.67 Å². The number of nitrogens with one attached hydrogen (secondary N) is 1. The van der Waals surface area contributed by atoms with Crippen molar-refractivity contribution in [2.75, 3.05) is 5.32 Å². The minimum Gasteiger partial charge on any atom is -0.389 e. The Morgan fingerprint density at radius 2 is 1.97 bits per heavy atom. The lowest BCUT2D eigenvalue weighted by Crippen LogP contribution is -2.37. The van der Waals surface area contributed by atoms with Crippen molar-refractivity contribution in [3.63, 3.8) is 0 Å². The van der Waals surface area contributed by atoms with Crippen LogP contribution in [0.15, 0.2) is 11.4 Å². The molecule has 2 aromatic rings. The number of pyridine rings is 1. The molecule has 0 saturated heterocycles. The molecule has 3 aliphatic rings. The fourth-order valence-corrected chi connectivity index (χ4v) is 4.90. The Labute approximate surface area is 172 Å². The number of aryl methyl sites for hydroxylation is 1. The quantitative estimate of drug-likeness (QED) is 0.731. The molecule has 9 heteroatoms. The average molecular weight is 421 g/mol. The number of oxime groups is 1. The number of hydrogen-bond acceptors (Lipinski definition) is 5. The van der Waals surface area contributed by atoms with Crippen LogP contribution in [0.1, 0.15) is 76.0 Å². The lowest BCUT2D eigenvalue weighted by molar-refractivity contribution is -0.141. The van der Waals surface area contributed by atoms with Gasteiger partial charge in [-0.3, -0.25) is 0 Å². The first kappa shape index (κ1) is 19.6. The summed E-state index contributed by atoms with van der Waals surface area (Å²) in [6, 6.07) is 0.134. The Morgan fingerprint density at radius 1 is 1.20 bits per heavy atom. The van der Waals surface area contributed by atoms with E-state index in [1.807, 2.05) is 6.92 Å². The first-order chi connectivity index (χ1) is 14.4. The summed E-state index contributed by atoms with van der Waals surface area (Å²) in [6.07, 6.45) is 5.30. The molecule has 5 rings (SSSR count). The smallest absolute Gasteiger partial charge is 0.389 e. The highest BCUT2D eigenvalue weighted by atomic mass is 19.4. The molecule has 0 radical (unpaired) electrons. The van der Waals surface area contributed by atoms with Gasteiger partial charge in [-0.2, -0.15) is 18.3 Å². The van der Waals surface area contributed by atoms with Crippen molar-refractivity contribution in [1.29, 1.82) is 0 Å². The molecule has 0 bridgehead atoms. The molecule has 6 nitrogen and oxygen atoms in total. The highest BCUT2D eigenvalue weighted by Crippen LogP contribution is 2.46. The van der Waals surface area contributed by atoms with Crippen LogP contribution in [0.2, 0.25) is 0 Å². The molecule has 0 aromatic carbocycles. The summed E-state index contributed by atoms with van der Waals surface area (Å²) < 4.78 is 44.1. The minimum absolute atomic E-state index is 0.0417. The summed E-state index contributed by atoms with van der Waals surface area (Å²) in [5.41, 5.74) is -0.230. The van der Waals surface area contributed by atoms with E-state index < -0.39 is 17.5 Å². The van der Waals surface area contributed by atoms with Crippen LogP contribution in [-0.4, -0.2) is 32.1 Å². The maximum Gasteiger partial charge on any atom is 0.434 e. The number of aromatic nitrogens is 3. The highest BCUT2D eigenvalue weighted by Gasteiger charge is 2.48. The van der Waals surface area contributed by atoms with Crippen LogP contribution in [0.25, 0.3) is 11.0 Å². The normalized spacial score (nSPS) is 21.5. The molecular formula is C21H26F3N5O. The van der Waals surface area contributed by atoms with Gasteiger partial charge in [0.1, 0.15) is 5.60 Å². The van der Waals surface area contributed by atoms with E-state index in [4.69, 9.17) is 4.84 Å². The van der Waals surface area contributed by atoms with Gasteiger partial charge in [0.25, 0.3) is 0 Å². The molecule has 1 spiro atoms. The Morgan fingerprint density at radius 3 is 2.57 bits per heavy atom. The van der Waals surface area contributed by atoms with Crippen molar-refractivity contribution in [3.05, 3.63) is 17.5 Å². The van der Waals surface area contributed by atoms with E-state index in [1.165, 1.54) is 11.1 Å². The summed E-state index contributed by atoms with van der Waals surface area (Å²) in [7, 11) is 0. The van der Waals surface area contributed by atoms with Gasteiger partial charge in [0.2, 0.25) is 0 Å². The van der Waals surface area contributed by atoms with E-state index in [2.05, 4.69) is 20.6 Å². The number of hydrogen-bond donors (Lipinski definition) is 1. The number of nitrogens with zero attached hydrogens (tertiary/aromatic N) is 4. The third-order valence-electron chi connectivity index (χ3n) is 6.70. The molecule has 1 aliphatic heterocycles. The Bertz CT molecular complexity index is 987. The number of rotatable bonds is 4. The SMILES string of the molecule is CCn1ncc2c(NC3CCCCC3)c(C3=NOC4(CCC4)C3)c(C(F)(F)F)nc21. The summed E-state index contributed by atoms with van der Waals surface area (Å²) in [5.74, 6) is 0. The number of halogens is 3. The van der Waals surface area contributed by atoms with Crippen LogP contribution in [0.4, 0.5) is 18.9 Å². The highest BCUT2D eigenvalue weighted by molar-refractivity contribution is 6.12. The van der Waals surface area contributed by atoms with E-state index in [1.54, 1.807) is 6.20 Å². The van der Waals surface area contributed by atoms with Gasteiger partial charge in [-0.1, -0.05) is 24.4 Å². The molecule has 2 aromatic heterocycles. The lowest BCUT2D eigenvalue weighted by atomic mass is 9.76. The van der Waals surface area contributed by atoms with Crippen molar-refractivity contribution in [3.8, 4) is 0 Å². The van der Waals surface area contributed by atoms with E-state index in [0.717, 1.165) is 44.9 Å². The zero-order valence-electron chi connectivity index (χ0n) is 17.1. The Kier molecular flexibility index (Phi) is 4.67. The second kappa shape index (κ2) is 7.13. The van der Waals surface area contributed by atoms with Gasteiger partial charge >= 0.3 is 6.18 Å². The first-order valence-electron chi connectivity index (χ1n) is 10.9. The van der Waals surface area contributed by atoms with Crippen LogP contribution >= 0.6 is 0 Å². The molecule has 162 valence electrons. The second-order valence-electron chi connectivity index (χ2n) is 8.73. The van der Waals surface area contributed by atoms with Gasteiger partial charge in [0, 0.05) is 19.0 Å². The zero-order chi connectivity index (χ0) is 20.9. The fraction of sp³-hybridized carbons (Fsp3) is 0.667. The molecule has 3 heterocycles. The van der Waals surface area contributed by atoms with Crippen LogP contribution in [0, 0.1) is 0 Å². The summed E-state index contributed by atoms with van der Waals surface area (Å²) in [5, 5.41) is 12.5. The zero-order valence-corrected chi connectivity index (χ0v) is 17.1. The predicted octanol–water partition coefficient (Wildman–Crippen LogP) is 5.26. The van der Waals surface area contributed by atoms with Gasteiger partial charge in [-0.15, -0.1) is 0 Å². The van der Waals surface area contributed by atoms with Gasteiger partial charge < -0.3 is 10.2 Å². The minimum atomic E-state index is -4.60. The average Bonchev–Trinajstić information content (AvgIpc) is 3.32. The summed E-state index contributed by atoms with van der Waals surface area (Å²) >= 11 is 0. The maximum absolute atomic E-state index is 14.2. The molecular weight excluding hydrogens is 395 g/mol. The molecule has 0 unspecified atom stereocenters. The van der Waals surface area contributed by atoms with Crippen LogP contribution in [-0.2, 0) is 17.6 Å². The van der Waals surface area contributed by atoms with E-state index >= 15 is 0 Å². The van der Waals surface area contributed by atoms with Crippen LogP contribution in [0.3, 0.4) is 0 Å². The predicted molar refractivity (Wildman–Crippen MR) is 108 cm³/mol. The molecule has 2 saturated carbocycles. The largest absolute Gasteiger partial charge is 0.434 e. The Hall–Kier alpha value is -2.32. The van der Waals surface area contributed by atoms with Crippen molar-refractivity contribution in [1.82, 2.24) is 14.8 Å². The molecule has 0 atom stereocenters. The van der Waals surface area contributed by atoms with E-state index in [0.29, 0.717) is 29.8 Å². The Balaban J connectivity index is 1.69. The number of alkyl halides is 3. The fourth-order valence-electron chi connectivity index (χ4n) is 4.90. The lowest BCUT2D eigenvalue weighted by Gasteiger charge is -2.35. The van der Waals surface area contributed by atoms with Crippen LogP contribution in [0.5, 0.6) is 0 Å². The third-order valence-corrected chi connectivity index (χ3v) is 6.70. The number of anilines is 1. The van der Waals surface area contributed by atoms with Gasteiger partial charge in [0.15, 0.2) is 11.3 Å². The monoisotopic (exact) mass is 421 g/mol. The third kappa shape index (κ3) is 3.22. The van der Waals surface area contributed by atoms with Crippen molar-refractivity contribution in [2.24, 2.45) is 5.16 Å². The summed E-state index contributed by atoms with van der Waals surface area (Å²) in [4.78, 5) is 9.71. The number of fused-ring (bicyclic) bond motifs is 1.